The van der Waals surface area contributed by atoms with Crippen molar-refractivity contribution < 1.29 is 14.7 Å². The number of allylic oxidation sites excluding steroid dienone is 2. The van der Waals surface area contributed by atoms with E-state index in [9.17, 15) is 9.59 Å². The lowest BCUT2D eigenvalue weighted by molar-refractivity contribution is -0.138. The van der Waals surface area contributed by atoms with Crippen molar-refractivity contribution in [1.29, 1.82) is 0 Å². The first-order chi connectivity index (χ1) is 10.5. The van der Waals surface area contributed by atoms with Gasteiger partial charge in [0.05, 0.1) is 12.5 Å². The van der Waals surface area contributed by atoms with Crippen molar-refractivity contribution in [3.8, 4) is 0 Å². The maximum atomic E-state index is 12.3. The summed E-state index contributed by atoms with van der Waals surface area (Å²) in [4.78, 5) is 23.4. The predicted molar refractivity (Wildman–Crippen MR) is 87.7 cm³/mol. The van der Waals surface area contributed by atoms with Gasteiger partial charge in [0.1, 0.15) is 0 Å². The lowest BCUT2D eigenvalue weighted by atomic mass is 9.98. The third-order valence-electron chi connectivity index (χ3n) is 3.24. The number of halogens is 1. The first-order valence-corrected chi connectivity index (χ1v) is 7.35. The molecule has 0 saturated heterocycles. The minimum absolute atomic E-state index is 0.192. The smallest absolute Gasteiger partial charge is 0.305 e. The molecule has 0 saturated carbocycles. The number of benzene rings is 1. The molecular weight excluding hydrogens is 302 g/mol. The van der Waals surface area contributed by atoms with Crippen molar-refractivity contribution in [2.75, 3.05) is 0 Å². The number of carboxylic acids is 1. The molecule has 0 aromatic heterocycles. The zero-order valence-electron chi connectivity index (χ0n) is 12.3. The van der Waals surface area contributed by atoms with Crippen LogP contribution < -0.4 is 5.32 Å². The summed E-state index contributed by atoms with van der Waals surface area (Å²) < 4.78 is 0. The number of hydrogen-bond donors (Lipinski definition) is 2. The maximum absolute atomic E-state index is 12.3. The van der Waals surface area contributed by atoms with Gasteiger partial charge < -0.3 is 10.4 Å². The largest absolute Gasteiger partial charge is 0.481 e. The Balaban J connectivity index is 2.90. The van der Waals surface area contributed by atoms with Crippen LogP contribution in [0.2, 0.25) is 5.02 Å². The summed E-state index contributed by atoms with van der Waals surface area (Å²) in [6.07, 6.45) is 4.17. The van der Waals surface area contributed by atoms with Crippen LogP contribution in [-0.2, 0) is 9.59 Å². The number of aliphatic carboxylic acids is 1. The summed E-state index contributed by atoms with van der Waals surface area (Å²) in [5.74, 6) is -1.48. The first-order valence-electron chi connectivity index (χ1n) is 6.97. The highest BCUT2D eigenvalue weighted by atomic mass is 35.5. The van der Waals surface area contributed by atoms with E-state index in [1.165, 1.54) is 0 Å². The van der Waals surface area contributed by atoms with Crippen LogP contribution in [0.1, 0.15) is 30.9 Å². The Kier molecular flexibility index (Phi) is 7.40. The van der Waals surface area contributed by atoms with Crippen LogP contribution in [0.25, 0.3) is 0 Å². The first kappa shape index (κ1) is 18.0. The van der Waals surface area contributed by atoms with Crippen molar-refractivity contribution in [3.05, 3.63) is 60.2 Å². The lowest BCUT2D eigenvalue weighted by Crippen LogP contribution is -2.34. The van der Waals surface area contributed by atoms with Gasteiger partial charge in [0.2, 0.25) is 5.91 Å². The van der Waals surface area contributed by atoms with E-state index >= 15 is 0 Å². The minimum Gasteiger partial charge on any atom is -0.481 e. The van der Waals surface area contributed by atoms with Gasteiger partial charge >= 0.3 is 5.97 Å². The fourth-order valence-corrected chi connectivity index (χ4v) is 2.25. The topological polar surface area (TPSA) is 66.4 Å². The van der Waals surface area contributed by atoms with Gasteiger partial charge in [0, 0.05) is 10.9 Å². The average molecular weight is 322 g/mol. The van der Waals surface area contributed by atoms with E-state index in [0.29, 0.717) is 23.4 Å². The molecule has 0 bridgehead atoms. The number of amides is 1. The molecule has 118 valence electrons. The molecule has 1 amide bonds. The Hall–Kier alpha value is -2.07. The van der Waals surface area contributed by atoms with Gasteiger partial charge in [-0.3, -0.25) is 9.59 Å². The monoisotopic (exact) mass is 321 g/mol. The van der Waals surface area contributed by atoms with E-state index in [2.05, 4.69) is 18.5 Å². The second-order valence-electron chi connectivity index (χ2n) is 4.96. The molecule has 1 atom stereocenters. The molecule has 0 aliphatic rings. The van der Waals surface area contributed by atoms with Gasteiger partial charge in [-0.25, -0.2) is 0 Å². The van der Waals surface area contributed by atoms with E-state index in [1.807, 2.05) is 0 Å². The molecule has 0 unspecified atom stereocenters. The number of rotatable bonds is 9. The van der Waals surface area contributed by atoms with Crippen LogP contribution in [0.5, 0.6) is 0 Å². The van der Waals surface area contributed by atoms with Gasteiger partial charge in [-0.1, -0.05) is 35.9 Å². The fourth-order valence-electron chi connectivity index (χ4n) is 2.12. The van der Waals surface area contributed by atoms with Crippen LogP contribution in [0.15, 0.2) is 49.6 Å². The average Bonchev–Trinajstić information content (AvgIpc) is 2.46. The van der Waals surface area contributed by atoms with Crippen LogP contribution in [0, 0.1) is 5.92 Å². The molecule has 1 aromatic rings. The van der Waals surface area contributed by atoms with Crippen molar-refractivity contribution in [3.63, 3.8) is 0 Å². The fraction of sp³-hybridized carbons (Fsp3) is 0.294. The molecule has 1 rings (SSSR count). The zero-order chi connectivity index (χ0) is 16.5. The van der Waals surface area contributed by atoms with Crippen LogP contribution in [0.3, 0.4) is 0 Å². The molecule has 2 N–H and O–H groups in total. The zero-order valence-corrected chi connectivity index (χ0v) is 13.1. The third kappa shape index (κ3) is 5.74. The second kappa shape index (κ2) is 9.05. The summed E-state index contributed by atoms with van der Waals surface area (Å²) in [6.45, 7) is 7.27. The number of carbonyl (C=O) groups excluding carboxylic acids is 1. The van der Waals surface area contributed by atoms with E-state index in [-0.39, 0.29) is 18.2 Å². The quantitative estimate of drug-likeness (QED) is 0.681. The van der Waals surface area contributed by atoms with Crippen molar-refractivity contribution in [2.24, 2.45) is 5.92 Å². The minimum atomic E-state index is -0.982. The summed E-state index contributed by atoms with van der Waals surface area (Å²) in [5, 5.41) is 12.4. The maximum Gasteiger partial charge on any atom is 0.305 e. The van der Waals surface area contributed by atoms with Crippen molar-refractivity contribution >= 4 is 23.5 Å². The molecule has 0 fully saturated rings. The standard InChI is InChI=1S/C17H20ClNO3/c1-3-5-13(6-4-2)17(22)19-15(11-16(20)21)12-7-9-14(18)10-8-12/h3-4,7-10,13,15H,1-2,5-6,11H2,(H,19,22)(H,20,21)/t15-/m0/s1. The molecule has 0 aliphatic carbocycles. The van der Waals surface area contributed by atoms with E-state index in [4.69, 9.17) is 16.7 Å². The molecule has 22 heavy (non-hydrogen) atoms. The van der Waals surface area contributed by atoms with Crippen LogP contribution in [-0.4, -0.2) is 17.0 Å². The molecule has 4 nitrogen and oxygen atoms in total. The Morgan fingerprint density at radius 1 is 1.18 bits per heavy atom. The number of hydrogen-bond acceptors (Lipinski definition) is 2. The van der Waals surface area contributed by atoms with Crippen LogP contribution >= 0.6 is 11.6 Å². The van der Waals surface area contributed by atoms with Crippen LogP contribution in [0.4, 0.5) is 0 Å². The lowest BCUT2D eigenvalue weighted by Gasteiger charge is -2.21. The Bertz CT molecular complexity index is 529. The third-order valence-corrected chi connectivity index (χ3v) is 3.49. The summed E-state index contributed by atoms with van der Waals surface area (Å²) in [7, 11) is 0. The molecule has 5 heteroatoms. The highest BCUT2D eigenvalue weighted by Crippen LogP contribution is 2.21. The second-order valence-corrected chi connectivity index (χ2v) is 5.39. The van der Waals surface area contributed by atoms with Gasteiger partial charge in [0.25, 0.3) is 0 Å². The van der Waals surface area contributed by atoms with E-state index in [0.717, 1.165) is 0 Å². The Morgan fingerprint density at radius 3 is 2.18 bits per heavy atom. The summed E-state index contributed by atoms with van der Waals surface area (Å²) in [5.41, 5.74) is 0.705. The molecule has 0 heterocycles. The Labute approximate surface area is 135 Å². The molecule has 0 radical (unpaired) electrons. The highest BCUT2D eigenvalue weighted by molar-refractivity contribution is 6.30. The van der Waals surface area contributed by atoms with Gasteiger partial charge in [-0.05, 0) is 30.5 Å². The normalized spacial score (nSPS) is 11.7. The number of carboxylic acid groups (broad SMARTS) is 1. The van der Waals surface area contributed by atoms with E-state index in [1.54, 1.807) is 36.4 Å². The van der Waals surface area contributed by atoms with Gasteiger partial charge in [-0.2, -0.15) is 0 Å². The SMILES string of the molecule is C=CCC(CC=C)C(=O)N[C@@H](CC(=O)O)c1ccc(Cl)cc1. The van der Waals surface area contributed by atoms with Crippen molar-refractivity contribution in [1.82, 2.24) is 5.32 Å². The highest BCUT2D eigenvalue weighted by Gasteiger charge is 2.22. The van der Waals surface area contributed by atoms with Gasteiger partial charge in [0.15, 0.2) is 0 Å². The molecule has 0 spiro atoms. The molecule has 1 aromatic carbocycles. The summed E-state index contributed by atoms with van der Waals surface area (Å²) >= 11 is 5.83. The van der Waals surface area contributed by atoms with Gasteiger partial charge in [-0.15, -0.1) is 13.2 Å². The molecule has 0 aliphatic heterocycles. The molecular formula is C17H20ClNO3. The Morgan fingerprint density at radius 2 is 1.73 bits per heavy atom. The van der Waals surface area contributed by atoms with E-state index < -0.39 is 12.0 Å². The summed E-state index contributed by atoms with van der Waals surface area (Å²) in [6, 6.07) is 6.17. The van der Waals surface area contributed by atoms with Crippen molar-refractivity contribution in [2.45, 2.75) is 25.3 Å². The number of carbonyl (C=O) groups is 2. The number of nitrogens with one attached hydrogen (secondary N) is 1. The predicted octanol–water partition coefficient (Wildman–Crippen LogP) is 3.74.